The standard InChI is InChI=1S/C12H14ClN5O2/c1-20-6-2-5-14-12(19)10-4-3-9(13)7-11(10)18-8-15-16-17-18/h3-4,7-8H,2,5-6H2,1H3,(H,14,19). The van der Waals surface area contributed by atoms with Crippen molar-refractivity contribution in [2.45, 2.75) is 6.42 Å². The zero-order valence-electron chi connectivity index (χ0n) is 10.9. The van der Waals surface area contributed by atoms with Crippen molar-refractivity contribution in [3.63, 3.8) is 0 Å². The fraction of sp³-hybridized carbons (Fsp3) is 0.333. The van der Waals surface area contributed by atoms with Crippen molar-refractivity contribution in [3.8, 4) is 5.69 Å². The number of nitrogens with one attached hydrogen (secondary N) is 1. The molecular formula is C12H14ClN5O2. The zero-order chi connectivity index (χ0) is 14.4. The minimum atomic E-state index is -0.205. The molecule has 1 amide bonds. The number of hydrogen-bond donors (Lipinski definition) is 1. The monoisotopic (exact) mass is 295 g/mol. The lowest BCUT2D eigenvalue weighted by molar-refractivity contribution is 0.0948. The number of nitrogens with zero attached hydrogens (tertiary/aromatic N) is 4. The van der Waals surface area contributed by atoms with Gasteiger partial charge in [0.2, 0.25) is 0 Å². The molecule has 0 radical (unpaired) electrons. The first-order chi connectivity index (χ1) is 9.72. The second-order valence-electron chi connectivity index (χ2n) is 4.02. The second kappa shape index (κ2) is 6.97. The maximum atomic E-state index is 12.2. The van der Waals surface area contributed by atoms with E-state index in [9.17, 15) is 4.79 Å². The number of methoxy groups -OCH3 is 1. The average molecular weight is 296 g/mol. The Morgan fingerprint density at radius 1 is 1.50 bits per heavy atom. The summed E-state index contributed by atoms with van der Waals surface area (Å²) in [4.78, 5) is 12.2. The van der Waals surface area contributed by atoms with Crippen LogP contribution in [0.25, 0.3) is 5.69 Å². The lowest BCUT2D eigenvalue weighted by Crippen LogP contribution is -2.26. The van der Waals surface area contributed by atoms with Crippen LogP contribution in [0.4, 0.5) is 0 Å². The predicted molar refractivity (Wildman–Crippen MR) is 73.0 cm³/mol. The van der Waals surface area contributed by atoms with Crippen LogP contribution in [-0.4, -0.2) is 46.4 Å². The van der Waals surface area contributed by atoms with E-state index in [0.29, 0.717) is 29.4 Å². The predicted octanol–water partition coefficient (Wildman–Crippen LogP) is 1.08. The van der Waals surface area contributed by atoms with Crippen molar-refractivity contribution in [2.75, 3.05) is 20.3 Å². The smallest absolute Gasteiger partial charge is 0.253 e. The molecule has 0 aliphatic carbocycles. The summed E-state index contributed by atoms with van der Waals surface area (Å²) in [6, 6.07) is 4.94. The first-order valence-electron chi connectivity index (χ1n) is 6.02. The lowest BCUT2D eigenvalue weighted by Gasteiger charge is -2.09. The molecule has 0 saturated carbocycles. The van der Waals surface area contributed by atoms with E-state index in [1.54, 1.807) is 25.3 Å². The van der Waals surface area contributed by atoms with Crippen molar-refractivity contribution in [1.29, 1.82) is 0 Å². The molecule has 1 heterocycles. The van der Waals surface area contributed by atoms with Crippen LogP contribution in [-0.2, 0) is 4.74 Å². The first-order valence-corrected chi connectivity index (χ1v) is 6.40. The number of ether oxygens (including phenoxy) is 1. The number of amides is 1. The summed E-state index contributed by atoms with van der Waals surface area (Å²) in [6.07, 6.45) is 2.16. The van der Waals surface area contributed by atoms with E-state index >= 15 is 0 Å². The second-order valence-corrected chi connectivity index (χ2v) is 4.45. The van der Waals surface area contributed by atoms with Crippen LogP contribution in [0.1, 0.15) is 16.8 Å². The summed E-state index contributed by atoms with van der Waals surface area (Å²) in [5, 5.41) is 14.2. The minimum absolute atomic E-state index is 0.205. The Balaban J connectivity index is 2.17. The Labute approximate surface area is 120 Å². The van der Waals surface area contributed by atoms with Gasteiger partial charge in [-0.15, -0.1) is 5.10 Å². The van der Waals surface area contributed by atoms with Crippen LogP contribution in [0.3, 0.4) is 0 Å². The highest BCUT2D eigenvalue weighted by atomic mass is 35.5. The van der Waals surface area contributed by atoms with Gasteiger partial charge in [-0.25, -0.2) is 0 Å². The van der Waals surface area contributed by atoms with Crippen molar-refractivity contribution < 1.29 is 9.53 Å². The van der Waals surface area contributed by atoms with Gasteiger partial charge >= 0.3 is 0 Å². The van der Waals surface area contributed by atoms with Crippen LogP contribution in [0, 0.1) is 0 Å². The van der Waals surface area contributed by atoms with E-state index in [-0.39, 0.29) is 5.91 Å². The molecule has 0 spiro atoms. The summed E-state index contributed by atoms with van der Waals surface area (Å²) in [5.41, 5.74) is 0.992. The van der Waals surface area contributed by atoms with Crippen LogP contribution in [0.5, 0.6) is 0 Å². The number of halogens is 1. The molecule has 8 heteroatoms. The Bertz CT molecular complexity index is 573. The van der Waals surface area contributed by atoms with Crippen molar-refractivity contribution in [3.05, 3.63) is 35.1 Å². The summed E-state index contributed by atoms with van der Waals surface area (Å²) >= 11 is 5.95. The Kier molecular flexibility index (Phi) is 5.03. The molecule has 0 atom stereocenters. The van der Waals surface area contributed by atoms with Gasteiger partial charge in [-0.3, -0.25) is 4.79 Å². The Morgan fingerprint density at radius 3 is 3.05 bits per heavy atom. The number of hydrogen-bond acceptors (Lipinski definition) is 5. The summed E-state index contributed by atoms with van der Waals surface area (Å²) in [7, 11) is 1.62. The van der Waals surface area contributed by atoms with Gasteiger partial charge in [-0.05, 0) is 35.0 Å². The normalized spacial score (nSPS) is 10.5. The topological polar surface area (TPSA) is 81.9 Å². The van der Waals surface area contributed by atoms with Gasteiger partial charge in [0, 0.05) is 25.3 Å². The molecule has 7 nitrogen and oxygen atoms in total. The molecule has 1 N–H and O–H groups in total. The zero-order valence-corrected chi connectivity index (χ0v) is 11.7. The number of aromatic nitrogens is 4. The molecule has 20 heavy (non-hydrogen) atoms. The average Bonchev–Trinajstić information content (AvgIpc) is 2.97. The molecule has 0 fully saturated rings. The summed E-state index contributed by atoms with van der Waals surface area (Å²) in [5.74, 6) is -0.205. The van der Waals surface area contributed by atoms with Gasteiger partial charge in [-0.1, -0.05) is 11.6 Å². The number of rotatable bonds is 6. The highest BCUT2D eigenvalue weighted by molar-refractivity contribution is 6.31. The van der Waals surface area contributed by atoms with Crippen LogP contribution in [0.2, 0.25) is 5.02 Å². The first kappa shape index (κ1) is 14.4. The van der Waals surface area contributed by atoms with Crippen LogP contribution < -0.4 is 5.32 Å². The minimum Gasteiger partial charge on any atom is -0.385 e. The van der Waals surface area contributed by atoms with Gasteiger partial charge in [0.25, 0.3) is 5.91 Å². The third-order valence-electron chi connectivity index (χ3n) is 2.61. The van der Waals surface area contributed by atoms with E-state index < -0.39 is 0 Å². The number of carbonyl (C=O) groups is 1. The molecule has 0 saturated heterocycles. The molecule has 0 bridgehead atoms. The van der Waals surface area contributed by atoms with Gasteiger partial charge in [0.1, 0.15) is 6.33 Å². The Morgan fingerprint density at radius 2 is 2.35 bits per heavy atom. The molecule has 0 aliphatic rings. The molecule has 106 valence electrons. The third kappa shape index (κ3) is 3.52. The van der Waals surface area contributed by atoms with E-state index in [2.05, 4.69) is 20.8 Å². The summed E-state index contributed by atoms with van der Waals surface area (Å²) in [6.45, 7) is 1.13. The maximum absolute atomic E-state index is 12.2. The molecular weight excluding hydrogens is 282 g/mol. The molecule has 0 aliphatic heterocycles. The molecule has 2 aromatic rings. The fourth-order valence-electron chi connectivity index (χ4n) is 1.67. The van der Waals surface area contributed by atoms with Crippen molar-refractivity contribution in [1.82, 2.24) is 25.5 Å². The summed E-state index contributed by atoms with van der Waals surface area (Å²) < 4.78 is 6.33. The molecule has 2 rings (SSSR count). The van der Waals surface area contributed by atoms with E-state index in [1.807, 2.05) is 0 Å². The fourth-order valence-corrected chi connectivity index (χ4v) is 1.84. The SMILES string of the molecule is COCCCNC(=O)c1ccc(Cl)cc1-n1cnnn1. The molecule has 0 unspecified atom stereocenters. The van der Waals surface area contributed by atoms with E-state index in [1.165, 1.54) is 11.0 Å². The third-order valence-corrected chi connectivity index (χ3v) is 2.85. The van der Waals surface area contributed by atoms with Gasteiger partial charge in [0.15, 0.2) is 0 Å². The van der Waals surface area contributed by atoms with Crippen molar-refractivity contribution in [2.24, 2.45) is 0 Å². The van der Waals surface area contributed by atoms with Gasteiger partial charge < -0.3 is 10.1 Å². The van der Waals surface area contributed by atoms with Crippen LogP contribution in [0.15, 0.2) is 24.5 Å². The number of benzene rings is 1. The van der Waals surface area contributed by atoms with Crippen LogP contribution >= 0.6 is 11.6 Å². The molecule has 1 aromatic heterocycles. The van der Waals surface area contributed by atoms with E-state index in [4.69, 9.17) is 16.3 Å². The van der Waals surface area contributed by atoms with Gasteiger partial charge in [-0.2, -0.15) is 4.68 Å². The highest BCUT2D eigenvalue weighted by Gasteiger charge is 2.14. The number of tetrazole rings is 1. The maximum Gasteiger partial charge on any atom is 0.253 e. The lowest BCUT2D eigenvalue weighted by atomic mass is 10.1. The van der Waals surface area contributed by atoms with Crippen molar-refractivity contribution >= 4 is 17.5 Å². The highest BCUT2D eigenvalue weighted by Crippen LogP contribution is 2.19. The van der Waals surface area contributed by atoms with Gasteiger partial charge in [0.05, 0.1) is 11.3 Å². The largest absolute Gasteiger partial charge is 0.385 e. The number of carbonyl (C=O) groups excluding carboxylic acids is 1. The quantitative estimate of drug-likeness (QED) is 0.807. The molecule has 1 aromatic carbocycles. The van der Waals surface area contributed by atoms with E-state index in [0.717, 1.165) is 6.42 Å². The Hall–Kier alpha value is -1.99.